The van der Waals surface area contributed by atoms with Crippen LogP contribution >= 0.6 is 0 Å². The summed E-state index contributed by atoms with van der Waals surface area (Å²) >= 11 is 0. The van der Waals surface area contributed by atoms with Crippen molar-refractivity contribution in [1.82, 2.24) is 4.90 Å². The summed E-state index contributed by atoms with van der Waals surface area (Å²) < 4.78 is 5.24. The summed E-state index contributed by atoms with van der Waals surface area (Å²) in [5.74, 6) is 0.582. The highest BCUT2D eigenvalue weighted by atomic mass is 16.5. The minimum Gasteiger partial charge on any atom is -0.496 e. The average Bonchev–Trinajstić information content (AvgIpc) is 2.45. The zero-order valence-electron chi connectivity index (χ0n) is 11.3. The lowest BCUT2D eigenvalue weighted by Gasteiger charge is -2.19. The van der Waals surface area contributed by atoms with Gasteiger partial charge in [0, 0.05) is 13.1 Å². The third-order valence-electron chi connectivity index (χ3n) is 2.92. The monoisotopic (exact) mass is 267 g/mol. The fourth-order valence-electron chi connectivity index (χ4n) is 1.85. The Hall–Kier alpha value is -1.79. The number of aliphatic hydroxyl groups excluding tert-OH is 1. The summed E-state index contributed by atoms with van der Waals surface area (Å²) in [6.07, 6.45) is 0. The van der Waals surface area contributed by atoms with Crippen molar-refractivity contribution in [2.45, 2.75) is 13.5 Å². The van der Waals surface area contributed by atoms with Crippen LogP contribution in [0.25, 0.3) is 0 Å². The van der Waals surface area contributed by atoms with Gasteiger partial charge in [0.25, 0.3) is 0 Å². The van der Waals surface area contributed by atoms with Crippen LogP contribution in [0.4, 0.5) is 0 Å². The van der Waals surface area contributed by atoms with Crippen LogP contribution in [-0.2, 0) is 6.54 Å². The Morgan fingerprint density at radius 2 is 2.21 bits per heavy atom. The smallest absolute Gasteiger partial charge is 0.173 e. The van der Waals surface area contributed by atoms with Crippen LogP contribution in [0, 0.1) is 0 Å². The maximum Gasteiger partial charge on any atom is 0.173 e. The second-order valence-corrected chi connectivity index (χ2v) is 4.11. The van der Waals surface area contributed by atoms with Gasteiger partial charge in [-0.25, -0.2) is 0 Å². The Bertz CT molecular complexity index is 435. The number of hydrogen-bond acceptors (Lipinski definition) is 5. The maximum atomic E-state index is 8.97. The first-order chi connectivity index (χ1) is 9.15. The first kappa shape index (κ1) is 15.3. The molecule has 6 heteroatoms. The summed E-state index contributed by atoms with van der Waals surface area (Å²) in [5.41, 5.74) is 7.17. The zero-order valence-corrected chi connectivity index (χ0v) is 11.3. The molecular formula is C13H21N3O3. The van der Waals surface area contributed by atoms with Gasteiger partial charge in [-0.15, -0.1) is 0 Å². The first-order valence-corrected chi connectivity index (χ1v) is 6.14. The molecule has 106 valence electrons. The van der Waals surface area contributed by atoms with Gasteiger partial charge in [-0.3, -0.25) is 4.90 Å². The number of oxime groups is 1. The lowest BCUT2D eigenvalue weighted by molar-refractivity contribution is 0.196. The Morgan fingerprint density at radius 3 is 2.74 bits per heavy atom. The number of benzene rings is 1. The SMILES string of the molecule is CCN(CCO)Cc1ccc(/C(N)=N/O)c(OC)c1. The van der Waals surface area contributed by atoms with Crippen LogP contribution in [0.5, 0.6) is 5.75 Å². The molecule has 0 heterocycles. The summed E-state index contributed by atoms with van der Waals surface area (Å²) in [7, 11) is 1.54. The van der Waals surface area contributed by atoms with Gasteiger partial charge in [-0.05, 0) is 24.2 Å². The minimum atomic E-state index is 0.0195. The standard InChI is InChI=1S/C13H21N3O3/c1-3-16(6-7-17)9-10-4-5-11(13(14)15-18)12(8-10)19-2/h4-5,8,17-18H,3,6-7,9H2,1-2H3,(H2,14,15). The summed E-state index contributed by atoms with van der Waals surface area (Å²) in [5, 5.41) is 20.6. The highest BCUT2D eigenvalue weighted by molar-refractivity contribution is 5.99. The third kappa shape index (κ3) is 4.11. The van der Waals surface area contributed by atoms with Gasteiger partial charge >= 0.3 is 0 Å². The molecule has 0 aliphatic rings. The van der Waals surface area contributed by atoms with Crippen LogP contribution in [0.3, 0.4) is 0 Å². The summed E-state index contributed by atoms with van der Waals surface area (Å²) in [6.45, 7) is 4.36. The van der Waals surface area contributed by atoms with Gasteiger partial charge in [0.2, 0.25) is 0 Å². The Labute approximate surface area is 113 Å². The molecule has 0 radical (unpaired) electrons. The van der Waals surface area contributed by atoms with Crippen molar-refractivity contribution in [1.29, 1.82) is 0 Å². The number of aliphatic hydroxyl groups is 1. The third-order valence-corrected chi connectivity index (χ3v) is 2.92. The van der Waals surface area contributed by atoms with E-state index in [0.29, 0.717) is 24.4 Å². The normalized spacial score (nSPS) is 11.9. The molecule has 0 fully saturated rings. The van der Waals surface area contributed by atoms with Crippen LogP contribution in [0.2, 0.25) is 0 Å². The number of rotatable bonds is 7. The molecule has 0 unspecified atom stereocenters. The van der Waals surface area contributed by atoms with Crippen molar-refractivity contribution in [3.05, 3.63) is 29.3 Å². The molecule has 0 aliphatic carbocycles. The predicted molar refractivity (Wildman–Crippen MR) is 73.5 cm³/mol. The van der Waals surface area contributed by atoms with E-state index in [2.05, 4.69) is 10.1 Å². The molecule has 1 aromatic rings. The van der Waals surface area contributed by atoms with E-state index < -0.39 is 0 Å². The van der Waals surface area contributed by atoms with E-state index in [-0.39, 0.29) is 12.4 Å². The average molecular weight is 267 g/mol. The van der Waals surface area contributed by atoms with Crippen molar-refractivity contribution >= 4 is 5.84 Å². The van der Waals surface area contributed by atoms with Gasteiger partial charge in [-0.1, -0.05) is 18.1 Å². The number of amidine groups is 1. The number of ether oxygens (including phenoxy) is 1. The van der Waals surface area contributed by atoms with Gasteiger partial charge in [0.05, 0.1) is 19.3 Å². The maximum absolute atomic E-state index is 8.97. The first-order valence-electron chi connectivity index (χ1n) is 6.14. The van der Waals surface area contributed by atoms with Crippen LogP contribution in [-0.4, -0.2) is 47.9 Å². The molecule has 0 amide bonds. The largest absolute Gasteiger partial charge is 0.496 e. The second kappa shape index (κ2) is 7.60. The fourth-order valence-corrected chi connectivity index (χ4v) is 1.85. The van der Waals surface area contributed by atoms with E-state index >= 15 is 0 Å². The Morgan fingerprint density at radius 1 is 1.47 bits per heavy atom. The molecule has 0 atom stereocenters. The lowest BCUT2D eigenvalue weighted by atomic mass is 10.1. The molecule has 0 bridgehead atoms. The molecule has 0 spiro atoms. The summed E-state index contributed by atoms with van der Waals surface area (Å²) in [6, 6.07) is 5.51. The van der Waals surface area contributed by atoms with Gasteiger partial charge < -0.3 is 20.8 Å². The van der Waals surface area contributed by atoms with E-state index in [0.717, 1.165) is 12.1 Å². The molecule has 4 N–H and O–H groups in total. The molecular weight excluding hydrogens is 246 g/mol. The van der Waals surface area contributed by atoms with Crippen LogP contribution < -0.4 is 10.5 Å². The van der Waals surface area contributed by atoms with Crippen LogP contribution in [0.1, 0.15) is 18.1 Å². The Kier molecular flexibility index (Phi) is 6.11. The van der Waals surface area contributed by atoms with E-state index in [1.807, 2.05) is 19.1 Å². The summed E-state index contributed by atoms with van der Waals surface area (Å²) in [4.78, 5) is 2.11. The topological polar surface area (TPSA) is 91.3 Å². The van der Waals surface area contributed by atoms with E-state index in [9.17, 15) is 0 Å². The molecule has 0 aliphatic heterocycles. The molecule has 0 saturated carbocycles. The van der Waals surface area contributed by atoms with Gasteiger partial charge in [-0.2, -0.15) is 0 Å². The molecule has 6 nitrogen and oxygen atoms in total. The van der Waals surface area contributed by atoms with Crippen molar-refractivity contribution in [3.8, 4) is 5.75 Å². The molecule has 0 saturated heterocycles. The highest BCUT2D eigenvalue weighted by Crippen LogP contribution is 2.21. The van der Waals surface area contributed by atoms with E-state index in [4.69, 9.17) is 20.8 Å². The molecule has 1 rings (SSSR count). The molecule has 1 aromatic carbocycles. The van der Waals surface area contributed by atoms with Crippen molar-refractivity contribution in [3.63, 3.8) is 0 Å². The molecule has 0 aromatic heterocycles. The number of hydrogen-bond donors (Lipinski definition) is 3. The number of nitrogens with two attached hydrogens (primary N) is 1. The minimum absolute atomic E-state index is 0.0195. The Balaban J connectivity index is 2.93. The lowest BCUT2D eigenvalue weighted by Crippen LogP contribution is -2.26. The number of nitrogens with zero attached hydrogens (tertiary/aromatic N) is 2. The fraction of sp³-hybridized carbons (Fsp3) is 0.462. The van der Waals surface area contributed by atoms with E-state index in [1.165, 1.54) is 0 Å². The van der Waals surface area contributed by atoms with Crippen molar-refractivity contribution in [2.75, 3.05) is 26.8 Å². The molecule has 19 heavy (non-hydrogen) atoms. The zero-order chi connectivity index (χ0) is 14.3. The van der Waals surface area contributed by atoms with Crippen LogP contribution in [0.15, 0.2) is 23.4 Å². The second-order valence-electron chi connectivity index (χ2n) is 4.11. The number of methoxy groups -OCH3 is 1. The van der Waals surface area contributed by atoms with Crippen molar-refractivity contribution in [2.24, 2.45) is 10.9 Å². The highest BCUT2D eigenvalue weighted by Gasteiger charge is 2.10. The quantitative estimate of drug-likeness (QED) is 0.291. The van der Waals surface area contributed by atoms with Gasteiger partial charge in [0.1, 0.15) is 5.75 Å². The number of likely N-dealkylation sites (N-methyl/N-ethyl adjacent to an activating group) is 1. The van der Waals surface area contributed by atoms with Gasteiger partial charge in [0.15, 0.2) is 5.84 Å². The van der Waals surface area contributed by atoms with Crippen molar-refractivity contribution < 1.29 is 15.1 Å². The van der Waals surface area contributed by atoms with E-state index in [1.54, 1.807) is 13.2 Å². The predicted octanol–water partition coefficient (Wildman–Crippen LogP) is 0.604.